The summed E-state index contributed by atoms with van der Waals surface area (Å²) in [5, 5.41) is 10.9. The van der Waals surface area contributed by atoms with Gasteiger partial charge in [-0.2, -0.15) is 0 Å². The highest BCUT2D eigenvalue weighted by Crippen LogP contribution is 2.21. The highest BCUT2D eigenvalue weighted by Gasteiger charge is 2.21. The number of hydrogen-bond acceptors (Lipinski definition) is 4. The Bertz CT molecular complexity index is 718. The van der Waals surface area contributed by atoms with Gasteiger partial charge in [0, 0.05) is 62.9 Å². The zero-order valence-corrected chi connectivity index (χ0v) is 17.2. The van der Waals surface area contributed by atoms with E-state index < -0.39 is 0 Å². The number of likely N-dealkylation sites (N-methyl/N-ethyl adjacent to an activating group) is 1. The zero-order chi connectivity index (χ0) is 19.9. The first-order chi connectivity index (χ1) is 13.5. The number of aliphatic hydroxyl groups excluding tert-OH is 1. The molecule has 2 aromatic rings. The van der Waals surface area contributed by atoms with Crippen molar-refractivity contribution in [2.75, 3.05) is 46.3 Å². The van der Waals surface area contributed by atoms with Crippen molar-refractivity contribution < 1.29 is 9.50 Å². The second-order valence-corrected chi connectivity index (χ2v) is 8.02. The number of piperazine rings is 1. The molecule has 0 aliphatic carbocycles. The highest BCUT2D eigenvalue weighted by molar-refractivity contribution is 6.31. The number of rotatable bonds is 8. The minimum atomic E-state index is -0.388. The van der Waals surface area contributed by atoms with Crippen molar-refractivity contribution >= 4 is 11.6 Å². The number of β-amino-alcohol motifs (C(OH)–C–C–N with tert-alkyl or cyclic N) is 1. The first kappa shape index (κ1) is 21.2. The van der Waals surface area contributed by atoms with Crippen LogP contribution in [0.1, 0.15) is 11.1 Å². The van der Waals surface area contributed by atoms with Crippen molar-refractivity contribution in [2.24, 2.45) is 0 Å². The van der Waals surface area contributed by atoms with Crippen LogP contribution in [0.15, 0.2) is 48.5 Å². The van der Waals surface area contributed by atoms with Crippen molar-refractivity contribution in [2.45, 2.75) is 19.2 Å². The average Bonchev–Trinajstić information content (AvgIpc) is 2.67. The van der Waals surface area contributed by atoms with Crippen LogP contribution in [0.25, 0.3) is 0 Å². The minimum Gasteiger partial charge on any atom is -0.390 e. The van der Waals surface area contributed by atoms with Crippen molar-refractivity contribution in [3.8, 4) is 0 Å². The van der Waals surface area contributed by atoms with Crippen molar-refractivity contribution in [1.29, 1.82) is 0 Å². The van der Waals surface area contributed by atoms with E-state index >= 15 is 0 Å². The lowest BCUT2D eigenvalue weighted by atomic mass is 10.1. The summed E-state index contributed by atoms with van der Waals surface area (Å²) in [6.07, 6.45) is -0.388. The van der Waals surface area contributed by atoms with Gasteiger partial charge in [-0.3, -0.25) is 14.7 Å². The molecule has 6 heteroatoms. The fraction of sp³-hybridized carbons (Fsp3) is 0.455. The Hall–Kier alpha value is -1.50. The van der Waals surface area contributed by atoms with Crippen LogP contribution in [0.2, 0.25) is 5.02 Å². The van der Waals surface area contributed by atoms with E-state index in [-0.39, 0.29) is 11.9 Å². The Kier molecular flexibility index (Phi) is 7.82. The summed E-state index contributed by atoms with van der Waals surface area (Å²) in [6, 6.07) is 15.1. The lowest BCUT2D eigenvalue weighted by molar-refractivity contribution is 0.0523. The van der Waals surface area contributed by atoms with Crippen LogP contribution in [-0.2, 0) is 13.1 Å². The number of nitrogens with zero attached hydrogens (tertiary/aromatic N) is 3. The molecule has 0 aromatic heterocycles. The third-order valence-electron chi connectivity index (χ3n) is 5.20. The molecule has 1 heterocycles. The second-order valence-electron chi connectivity index (χ2n) is 7.61. The maximum Gasteiger partial charge on any atom is 0.129 e. The first-order valence-corrected chi connectivity index (χ1v) is 10.2. The van der Waals surface area contributed by atoms with Crippen LogP contribution in [-0.4, -0.2) is 72.2 Å². The van der Waals surface area contributed by atoms with Gasteiger partial charge in [0.25, 0.3) is 0 Å². The summed E-state index contributed by atoms with van der Waals surface area (Å²) in [5.41, 5.74) is 1.82. The number of benzene rings is 2. The third kappa shape index (κ3) is 6.26. The van der Waals surface area contributed by atoms with Crippen LogP contribution in [0.3, 0.4) is 0 Å². The molecule has 1 N–H and O–H groups in total. The molecular formula is C22H29ClFN3O. The summed E-state index contributed by atoms with van der Waals surface area (Å²) in [4.78, 5) is 6.64. The molecule has 1 fully saturated rings. The van der Waals surface area contributed by atoms with E-state index in [0.717, 1.165) is 32.7 Å². The van der Waals surface area contributed by atoms with E-state index in [9.17, 15) is 9.50 Å². The molecule has 152 valence electrons. The molecule has 1 atom stereocenters. The predicted octanol–water partition coefficient (Wildman–Crippen LogP) is 3.09. The molecule has 4 nitrogen and oxygen atoms in total. The van der Waals surface area contributed by atoms with Crippen LogP contribution in [0.5, 0.6) is 0 Å². The Morgan fingerprint density at radius 3 is 2.39 bits per heavy atom. The molecule has 1 unspecified atom stereocenters. The van der Waals surface area contributed by atoms with E-state index in [4.69, 9.17) is 11.6 Å². The molecule has 1 aliphatic rings. The quantitative estimate of drug-likeness (QED) is 0.731. The van der Waals surface area contributed by atoms with Crippen molar-refractivity contribution in [1.82, 2.24) is 14.7 Å². The van der Waals surface area contributed by atoms with Gasteiger partial charge in [-0.1, -0.05) is 48.0 Å². The van der Waals surface area contributed by atoms with Gasteiger partial charge < -0.3 is 5.11 Å². The van der Waals surface area contributed by atoms with E-state index in [2.05, 4.69) is 26.8 Å². The lowest BCUT2D eigenvalue weighted by Crippen LogP contribution is -2.49. The molecular weight excluding hydrogens is 377 g/mol. The molecule has 28 heavy (non-hydrogen) atoms. The Balaban J connectivity index is 1.40. The van der Waals surface area contributed by atoms with E-state index in [0.29, 0.717) is 30.2 Å². The monoisotopic (exact) mass is 405 g/mol. The Morgan fingerprint density at radius 2 is 1.71 bits per heavy atom. The van der Waals surface area contributed by atoms with E-state index in [1.54, 1.807) is 12.1 Å². The van der Waals surface area contributed by atoms with Gasteiger partial charge in [0.2, 0.25) is 0 Å². The number of halogens is 2. The first-order valence-electron chi connectivity index (χ1n) is 9.79. The average molecular weight is 406 g/mol. The Morgan fingerprint density at radius 1 is 1.04 bits per heavy atom. The molecule has 0 saturated carbocycles. The molecule has 0 amide bonds. The van der Waals surface area contributed by atoms with Crippen molar-refractivity contribution in [3.05, 3.63) is 70.5 Å². The van der Waals surface area contributed by atoms with Crippen LogP contribution >= 0.6 is 11.6 Å². The van der Waals surface area contributed by atoms with Gasteiger partial charge in [-0.25, -0.2) is 4.39 Å². The maximum absolute atomic E-state index is 14.0. The minimum absolute atomic E-state index is 0.244. The van der Waals surface area contributed by atoms with E-state index in [1.165, 1.54) is 11.6 Å². The number of aliphatic hydroxyl groups is 1. The summed E-state index contributed by atoms with van der Waals surface area (Å²) in [5.74, 6) is -0.244. The predicted molar refractivity (Wildman–Crippen MR) is 112 cm³/mol. The topological polar surface area (TPSA) is 30.0 Å². The summed E-state index contributed by atoms with van der Waals surface area (Å²) < 4.78 is 14.0. The summed E-state index contributed by atoms with van der Waals surface area (Å²) in [6.45, 7) is 6.08. The van der Waals surface area contributed by atoms with E-state index in [1.807, 2.05) is 25.2 Å². The van der Waals surface area contributed by atoms with Crippen LogP contribution in [0.4, 0.5) is 4.39 Å². The molecule has 0 bridgehead atoms. The van der Waals surface area contributed by atoms with Gasteiger partial charge in [-0.05, 0) is 24.7 Å². The molecule has 2 aromatic carbocycles. The third-order valence-corrected chi connectivity index (χ3v) is 5.55. The SMILES string of the molecule is CN(Cc1ccccc1)CC(O)CN1CCN(Cc2c(F)cccc2Cl)CC1. The highest BCUT2D eigenvalue weighted by atomic mass is 35.5. The molecule has 1 aliphatic heterocycles. The molecule has 3 rings (SSSR count). The molecule has 0 radical (unpaired) electrons. The van der Waals surface area contributed by atoms with Gasteiger partial charge in [0.1, 0.15) is 5.82 Å². The lowest BCUT2D eigenvalue weighted by Gasteiger charge is -2.36. The molecule has 1 saturated heterocycles. The summed E-state index contributed by atoms with van der Waals surface area (Å²) >= 11 is 6.14. The van der Waals surface area contributed by atoms with Gasteiger partial charge in [0.05, 0.1) is 6.10 Å². The Labute approximate surface area is 172 Å². The standard InChI is InChI=1S/C22H29ClFN3O/c1-25(14-18-6-3-2-4-7-18)15-19(28)16-26-10-12-27(13-11-26)17-20-21(23)8-5-9-22(20)24/h2-9,19,28H,10-17H2,1H3. The van der Waals surface area contributed by atoms with Gasteiger partial charge in [-0.15, -0.1) is 0 Å². The molecule has 0 spiro atoms. The largest absolute Gasteiger partial charge is 0.390 e. The zero-order valence-electron chi connectivity index (χ0n) is 16.4. The van der Waals surface area contributed by atoms with Crippen molar-refractivity contribution in [3.63, 3.8) is 0 Å². The van der Waals surface area contributed by atoms with Gasteiger partial charge in [0.15, 0.2) is 0 Å². The smallest absolute Gasteiger partial charge is 0.129 e. The fourth-order valence-electron chi connectivity index (χ4n) is 3.71. The normalized spacial score (nSPS) is 17.2. The maximum atomic E-state index is 14.0. The summed E-state index contributed by atoms with van der Waals surface area (Å²) in [7, 11) is 2.03. The van der Waals surface area contributed by atoms with Gasteiger partial charge >= 0.3 is 0 Å². The number of hydrogen-bond donors (Lipinski definition) is 1. The van der Waals surface area contributed by atoms with Crippen LogP contribution < -0.4 is 0 Å². The second kappa shape index (κ2) is 10.3. The fourth-order valence-corrected chi connectivity index (χ4v) is 3.93. The van der Waals surface area contributed by atoms with Crippen LogP contribution in [0, 0.1) is 5.82 Å².